The molecule has 0 heterocycles. The van der Waals surface area contributed by atoms with Crippen molar-refractivity contribution in [1.29, 1.82) is 5.26 Å². The van der Waals surface area contributed by atoms with Crippen LogP contribution in [0.1, 0.15) is 5.56 Å². The first-order valence-corrected chi connectivity index (χ1v) is 5.69. The predicted octanol–water partition coefficient (Wildman–Crippen LogP) is 1.39. The molecule has 4 nitrogen and oxygen atoms in total. The highest BCUT2D eigenvalue weighted by atomic mass is 32.2. The molecule has 2 N–H and O–H groups in total. The summed E-state index contributed by atoms with van der Waals surface area (Å²) in [5.41, 5.74) is 6.83. The standard InChI is InChI=1S/C10H10N2O2S/c1-8-3-4-9(7-10(8)12)15(13,14)6-2-5-11/h2-4,6-7H,12H2,1H3/b6-2+. The Morgan fingerprint density at radius 1 is 1.47 bits per heavy atom. The molecule has 0 aliphatic rings. The number of sulfone groups is 1. The molecule has 0 radical (unpaired) electrons. The maximum atomic E-state index is 11.6. The Balaban J connectivity index is 3.24. The van der Waals surface area contributed by atoms with E-state index in [1.54, 1.807) is 19.1 Å². The fourth-order valence-corrected chi connectivity index (χ4v) is 1.94. The van der Waals surface area contributed by atoms with Crippen molar-refractivity contribution in [3.05, 3.63) is 35.2 Å². The molecule has 0 unspecified atom stereocenters. The van der Waals surface area contributed by atoms with Crippen molar-refractivity contribution < 1.29 is 8.42 Å². The Labute approximate surface area is 88.6 Å². The minimum absolute atomic E-state index is 0.0945. The minimum Gasteiger partial charge on any atom is -0.398 e. The van der Waals surface area contributed by atoms with E-state index in [2.05, 4.69) is 0 Å². The quantitative estimate of drug-likeness (QED) is 0.605. The number of hydrogen-bond acceptors (Lipinski definition) is 4. The summed E-state index contributed by atoms with van der Waals surface area (Å²) in [6.07, 6.45) is 0.922. The second-order valence-electron chi connectivity index (χ2n) is 3.00. The SMILES string of the molecule is Cc1ccc(S(=O)(=O)/C=C/C#N)cc1N. The van der Waals surface area contributed by atoms with Gasteiger partial charge in [0.1, 0.15) is 0 Å². The summed E-state index contributed by atoms with van der Waals surface area (Å²) in [6, 6.07) is 6.10. The van der Waals surface area contributed by atoms with E-state index < -0.39 is 9.84 Å². The van der Waals surface area contributed by atoms with Gasteiger partial charge in [-0.3, -0.25) is 0 Å². The maximum Gasteiger partial charge on any atom is 0.200 e. The minimum atomic E-state index is -3.54. The largest absolute Gasteiger partial charge is 0.398 e. The first kappa shape index (κ1) is 11.3. The Hall–Kier alpha value is -1.80. The highest BCUT2D eigenvalue weighted by Gasteiger charge is 2.10. The average Bonchev–Trinajstić information content (AvgIpc) is 2.19. The van der Waals surface area contributed by atoms with Crippen molar-refractivity contribution in [2.24, 2.45) is 0 Å². The summed E-state index contributed by atoms with van der Waals surface area (Å²) in [5.74, 6) is 0. The molecule has 0 atom stereocenters. The molecule has 15 heavy (non-hydrogen) atoms. The average molecular weight is 222 g/mol. The van der Waals surface area contributed by atoms with Crippen LogP contribution in [-0.4, -0.2) is 8.42 Å². The molecule has 78 valence electrons. The van der Waals surface area contributed by atoms with E-state index in [0.717, 1.165) is 17.0 Å². The Kier molecular flexibility index (Phi) is 3.12. The molecule has 1 rings (SSSR count). The fourth-order valence-electron chi connectivity index (χ4n) is 0.994. The molecule has 0 saturated heterocycles. The van der Waals surface area contributed by atoms with Crippen LogP contribution in [0.5, 0.6) is 0 Å². The highest BCUT2D eigenvalue weighted by Crippen LogP contribution is 2.18. The fraction of sp³-hybridized carbons (Fsp3) is 0.100. The highest BCUT2D eigenvalue weighted by molar-refractivity contribution is 7.94. The molecule has 0 aliphatic carbocycles. The summed E-state index contributed by atoms with van der Waals surface area (Å²) in [6.45, 7) is 1.79. The first-order valence-electron chi connectivity index (χ1n) is 4.15. The van der Waals surface area contributed by atoms with Crippen LogP contribution in [0, 0.1) is 18.3 Å². The maximum absolute atomic E-state index is 11.6. The van der Waals surface area contributed by atoms with Gasteiger partial charge in [-0.1, -0.05) is 6.07 Å². The van der Waals surface area contributed by atoms with Gasteiger partial charge in [-0.25, -0.2) is 8.42 Å². The van der Waals surface area contributed by atoms with Crippen LogP contribution in [0.4, 0.5) is 5.69 Å². The van der Waals surface area contributed by atoms with Gasteiger partial charge >= 0.3 is 0 Å². The van der Waals surface area contributed by atoms with Crippen LogP contribution in [0.25, 0.3) is 0 Å². The topological polar surface area (TPSA) is 84.0 Å². The zero-order valence-corrected chi connectivity index (χ0v) is 8.95. The lowest BCUT2D eigenvalue weighted by molar-refractivity contribution is 0.604. The lowest BCUT2D eigenvalue weighted by atomic mass is 10.2. The Bertz CT molecular complexity index is 539. The number of nitrogens with two attached hydrogens (primary N) is 1. The molecule has 0 saturated carbocycles. The van der Waals surface area contributed by atoms with Crippen molar-refractivity contribution in [2.45, 2.75) is 11.8 Å². The van der Waals surface area contributed by atoms with E-state index in [1.807, 2.05) is 0 Å². The van der Waals surface area contributed by atoms with Gasteiger partial charge in [0.2, 0.25) is 9.84 Å². The van der Waals surface area contributed by atoms with Crippen LogP contribution in [0.2, 0.25) is 0 Å². The number of aryl methyl sites for hydroxylation is 1. The number of nitrogens with zero attached hydrogens (tertiary/aromatic N) is 1. The van der Waals surface area contributed by atoms with Crippen molar-refractivity contribution in [3.63, 3.8) is 0 Å². The number of allylic oxidation sites excluding steroid dienone is 1. The van der Waals surface area contributed by atoms with Gasteiger partial charge in [0.05, 0.1) is 11.0 Å². The van der Waals surface area contributed by atoms with E-state index >= 15 is 0 Å². The second-order valence-corrected chi connectivity index (χ2v) is 4.83. The molecule has 0 bridgehead atoms. The summed E-state index contributed by atoms with van der Waals surface area (Å²) >= 11 is 0. The number of nitriles is 1. The van der Waals surface area contributed by atoms with Crippen LogP contribution < -0.4 is 5.73 Å². The van der Waals surface area contributed by atoms with Crippen molar-refractivity contribution in [1.82, 2.24) is 0 Å². The molecule has 0 spiro atoms. The molecular formula is C10H10N2O2S. The van der Waals surface area contributed by atoms with E-state index in [-0.39, 0.29) is 4.90 Å². The third-order valence-electron chi connectivity index (χ3n) is 1.90. The van der Waals surface area contributed by atoms with E-state index in [9.17, 15) is 8.42 Å². The third kappa shape index (κ3) is 2.58. The lowest BCUT2D eigenvalue weighted by Crippen LogP contribution is -1.98. The predicted molar refractivity (Wildman–Crippen MR) is 57.5 cm³/mol. The smallest absolute Gasteiger partial charge is 0.200 e. The van der Waals surface area contributed by atoms with Crippen molar-refractivity contribution in [3.8, 4) is 6.07 Å². The van der Waals surface area contributed by atoms with E-state index in [4.69, 9.17) is 11.0 Å². The van der Waals surface area contributed by atoms with Gasteiger partial charge in [-0.15, -0.1) is 0 Å². The summed E-state index contributed by atoms with van der Waals surface area (Å²) in [5, 5.41) is 9.11. The number of anilines is 1. The van der Waals surface area contributed by atoms with E-state index in [1.165, 1.54) is 12.1 Å². The molecule has 0 amide bonds. The Morgan fingerprint density at radius 2 is 2.13 bits per heavy atom. The van der Waals surface area contributed by atoms with Crippen LogP contribution in [0.15, 0.2) is 34.6 Å². The molecule has 0 fully saturated rings. The summed E-state index contributed by atoms with van der Waals surface area (Å²) in [4.78, 5) is 0.0945. The zero-order chi connectivity index (χ0) is 11.5. The lowest BCUT2D eigenvalue weighted by Gasteiger charge is -2.02. The van der Waals surface area contributed by atoms with Crippen LogP contribution >= 0.6 is 0 Å². The van der Waals surface area contributed by atoms with Gasteiger partial charge in [-0.05, 0) is 24.6 Å². The van der Waals surface area contributed by atoms with Gasteiger partial charge in [-0.2, -0.15) is 5.26 Å². The van der Waals surface area contributed by atoms with Gasteiger partial charge in [0.15, 0.2) is 0 Å². The van der Waals surface area contributed by atoms with Crippen molar-refractivity contribution in [2.75, 3.05) is 5.73 Å². The van der Waals surface area contributed by atoms with Crippen LogP contribution in [0.3, 0.4) is 0 Å². The molecule has 1 aromatic carbocycles. The normalized spacial score (nSPS) is 11.5. The molecule has 5 heteroatoms. The molecule has 0 aromatic heterocycles. The Morgan fingerprint density at radius 3 is 2.67 bits per heavy atom. The van der Waals surface area contributed by atoms with Gasteiger partial charge in [0.25, 0.3) is 0 Å². The monoisotopic (exact) mass is 222 g/mol. The number of rotatable bonds is 2. The summed E-state index contributed by atoms with van der Waals surface area (Å²) in [7, 11) is -3.54. The zero-order valence-electron chi connectivity index (χ0n) is 8.14. The van der Waals surface area contributed by atoms with Gasteiger partial charge < -0.3 is 5.73 Å². The number of nitrogen functional groups attached to an aromatic ring is 1. The van der Waals surface area contributed by atoms with E-state index in [0.29, 0.717) is 5.69 Å². The molecular weight excluding hydrogens is 212 g/mol. The molecule has 0 aliphatic heterocycles. The summed E-state index contributed by atoms with van der Waals surface area (Å²) < 4.78 is 23.1. The van der Waals surface area contributed by atoms with Gasteiger partial charge in [0, 0.05) is 17.2 Å². The third-order valence-corrected chi connectivity index (χ3v) is 3.31. The molecule has 1 aromatic rings. The second kappa shape index (κ2) is 4.15. The first-order chi connectivity index (χ1) is 6.97. The number of benzene rings is 1. The van der Waals surface area contributed by atoms with Crippen LogP contribution in [-0.2, 0) is 9.84 Å². The van der Waals surface area contributed by atoms with Crippen molar-refractivity contribution >= 4 is 15.5 Å². The number of hydrogen-bond donors (Lipinski definition) is 1.